The lowest BCUT2D eigenvalue weighted by Crippen LogP contribution is -2.28. The van der Waals surface area contributed by atoms with Crippen molar-refractivity contribution in [2.75, 3.05) is 6.54 Å². The molecule has 2 aromatic heterocycles. The summed E-state index contributed by atoms with van der Waals surface area (Å²) in [5.74, 6) is 0.683. The van der Waals surface area contributed by atoms with Gasteiger partial charge >= 0.3 is 0 Å². The molecule has 0 bridgehead atoms. The van der Waals surface area contributed by atoms with Gasteiger partial charge in [0.15, 0.2) is 0 Å². The van der Waals surface area contributed by atoms with Crippen molar-refractivity contribution in [3.8, 4) is 0 Å². The zero-order valence-corrected chi connectivity index (χ0v) is 14.1. The number of H-pyrrole nitrogens is 1. The first-order valence-electron chi connectivity index (χ1n) is 9.02. The smallest absolute Gasteiger partial charge is 0.224 e. The molecule has 0 aliphatic heterocycles. The molecule has 2 N–H and O–H groups in total. The van der Waals surface area contributed by atoms with E-state index in [0.717, 1.165) is 23.1 Å². The highest BCUT2D eigenvalue weighted by Crippen LogP contribution is 2.61. The number of nitrogens with zero attached hydrogens (tertiary/aromatic N) is 1. The molecule has 0 unspecified atom stereocenters. The highest BCUT2D eigenvalue weighted by atomic mass is 16.1. The second-order valence-corrected chi connectivity index (χ2v) is 7.41. The normalized spacial score (nSPS) is 23.8. The minimum atomic E-state index is 0.0954. The number of aryl methyl sites for hydroxylation is 1. The second-order valence-electron chi connectivity index (χ2n) is 7.41. The average Bonchev–Trinajstić information content (AvgIpc) is 3.00. The van der Waals surface area contributed by atoms with E-state index in [1.165, 1.54) is 30.4 Å². The molecule has 4 heteroatoms. The first-order valence-corrected chi connectivity index (χ1v) is 9.02. The van der Waals surface area contributed by atoms with Crippen LogP contribution in [0.4, 0.5) is 0 Å². The quantitative estimate of drug-likeness (QED) is 0.772. The molecule has 4 nitrogen and oxygen atoms in total. The molecule has 0 saturated heterocycles. The van der Waals surface area contributed by atoms with Crippen molar-refractivity contribution >= 4 is 16.9 Å². The fourth-order valence-corrected chi connectivity index (χ4v) is 4.63. The van der Waals surface area contributed by atoms with E-state index in [9.17, 15) is 4.79 Å². The lowest BCUT2D eigenvalue weighted by atomic mass is 9.95. The molecular formula is C21H21N3O. The Balaban J connectivity index is 1.22. The standard InChI is InChI=1S/C21H21N3O/c25-19(10-15-12-24-20-17(15)5-3-9-22-20)23-13-16-11-21(16)8-7-14-4-1-2-6-18(14)21/h1-6,9,12,16H,7-8,10-11,13H2,(H,22,24)(H,23,25)/t16-,21-/m1/s1. The van der Waals surface area contributed by atoms with Crippen molar-refractivity contribution in [3.05, 3.63) is 65.5 Å². The zero-order valence-electron chi connectivity index (χ0n) is 14.1. The second kappa shape index (κ2) is 5.45. The first-order chi connectivity index (χ1) is 12.3. The van der Waals surface area contributed by atoms with Crippen molar-refractivity contribution in [3.63, 3.8) is 0 Å². The van der Waals surface area contributed by atoms with Gasteiger partial charge in [0.1, 0.15) is 5.65 Å². The van der Waals surface area contributed by atoms with Gasteiger partial charge in [-0.25, -0.2) is 4.98 Å². The maximum atomic E-state index is 12.4. The van der Waals surface area contributed by atoms with Crippen LogP contribution in [0.2, 0.25) is 0 Å². The summed E-state index contributed by atoms with van der Waals surface area (Å²) in [4.78, 5) is 19.8. The Morgan fingerprint density at radius 3 is 3.16 bits per heavy atom. The van der Waals surface area contributed by atoms with E-state index in [-0.39, 0.29) is 5.91 Å². The summed E-state index contributed by atoms with van der Waals surface area (Å²) in [7, 11) is 0. The summed E-state index contributed by atoms with van der Waals surface area (Å²) in [6.07, 6.45) is 7.69. The summed E-state index contributed by atoms with van der Waals surface area (Å²) in [5, 5.41) is 4.19. The summed E-state index contributed by atoms with van der Waals surface area (Å²) in [5.41, 5.74) is 5.22. The molecule has 5 rings (SSSR count). The number of amides is 1. The molecule has 2 aliphatic rings. The van der Waals surface area contributed by atoms with Crippen LogP contribution in [0.15, 0.2) is 48.8 Å². The summed E-state index contributed by atoms with van der Waals surface area (Å²) >= 11 is 0. The Hall–Kier alpha value is -2.62. The Morgan fingerprint density at radius 2 is 2.20 bits per heavy atom. The van der Waals surface area contributed by atoms with Crippen molar-refractivity contribution in [2.45, 2.75) is 31.1 Å². The number of hydrogen-bond donors (Lipinski definition) is 2. The monoisotopic (exact) mass is 331 g/mol. The number of carbonyl (C=O) groups is 1. The van der Waals surface area contributed by atoms with Gasteiger partial charge in [0.05, 0.1) is 6.42 Å². The summed E-state index contributed by atoms with van der Waals surface area (Å²) < 4.78 is 0. The number of hydrogen-bond acceptors (Lipinski definition) is 2. The molecule has 3 aromatic rings. The highest BCUT2D eigenvalue weighted by molar-refractivity contribution is 5.87. The maximum absolute atomic E-state index is 12.4. The first kappa shape index (κ1) is 14.7. The van der Waals surface area contributed by atoms with E-state index in [1.807, 2.05) is 18.3 Å². The Labute approximate surface area is 146 Å². The fourth-order valence-electron chi connectivity index (χ4n) is 4.63. The average molecular weight is 331 g/mol. The number of aromatic nitrogens is 2. The Kier molecular flexibility index (Phi) is 3.20. The van der Waals surface area contributed by atoms with Crippen LogP contribution in [0, 0.1) is 5.92 Å². The predicted molar refractivity (Wildman–Crippen MR) is 97.4 cm³/mol. The Bertz CT molecular complexity index is 960. The van der Waals surface area contributed by atoms with E-state index >= 15 is 0 Å². The van der Waals surface area contributed by atoms with Gasteiger partial charge in [-0.15, -0.1) is 0 Å². The molecule has 126 valence electrons. The molecule has 1 fully saturated rings. The van der Waals surface area contributed by atoms with Crippen molar-refractivity contribution in [1.29, 1.82) is 0 Å². The third kappa shape index (κ3) is 2.36. The van der Waals surface area contributed by atoms with Crippen molar-refractivity contribution in [2.24, 2.45) is 5.92 Å². The van der Waals surface area contributed by atoms with Gasteiger partial charge in [0.25, 0.3) is 0 Å². The van der Waals surface area contributed by atoms with Gasteiger partial charge in [-0.2, -0.15) is 0 Å². The van der Waals surface area contributed by atoms with Gasteiger partial charge < -0.3 is 10.3 Å². The van der Waals surface area contributed by atoms with E-state index in [4.69, 9.17) is 0 Å². The fraction of sp³-hybridized carbons (Fsp3) is 0.333. The van der Waals surface area contributed by atoms with E-state index in [2.05, 4.69) is 39.6 Å². The van der Waals surface area contributed by atoms with E-state index in [1.54, 1.807) is 6.20 Å². The molecule has 0 radical (unpaired) electrons. The van der Waals surface area contributed by atoms with Crippen LogP contribution in [-0.2, 0) is 23.1 Å². The topological polar surface area (TPSA) is 57.8 Å². The number of carbonyl (C=O) groups excluding carboxylic acids is 1. The largest absolute Gasteiger partial charge is 0.356 e. The lowest BCUT2D eigenvalue weighted by Gasteiger charge is -2.12. The predicted octanol–water partition coefficient (Wildman–Crippen LogP) is 3.13. The molecule has 2 atom stereocenters. The molecule has 1 saturated carbocycles. The molecule has 2 heterocycles. The third-order valence-corrected chi connectivity index (χ3v) is 6.06. The van der Waals surface area contributed by atoms with Crippen LogP contribution in [0.1, 0.15) is 29.5 Å². The SMILES string of the molecule is O=C(Cc1c[nH]c2ncccc12)NC[C@H]1C[C@]12CCc1ccccc12. The summed E-state index contributed by atoms with van der Waals surface area (Å²) in [6.45, 7) is 0.785. The van der Waals surface area contributed by atoms with Crippen molar-refractivity contribution in [1.82, 2.24) is 15.3 Å². The number of benzene rings is 1. The maximum Gasteiger partial charge on any atom is 0.224 e. The van der Waals surface area contributed by atoms with Crippen molar-refractivity contribution < 1.29 is 4.79 Å². The molecule has 1 aromatic carbocycles. The lowest BCUT2D eigenvalue weighted by molar-refractivity contribution is -0.120. The Morgan fingerprint density at radius 1 is 1.28 bits per heavy atom. The van der Waals surface area contributed by atoms with Crippen LogP contribution in [0.25, 0.3) is 11.0 Å². The van der Waals surface area contributed by atoms with E-state index in [0.29, 0.717) is 17.8 Å². The third-order valence-electron chi connectivity index (χ3n) is 6.06. The molecule has 1 spiro atoms. The molecule has 1 amide bonds. The van der Waals surface area contributed by atoms with Crippen LogP contribution < -0.4 is 5.32 Å². The summed E-state index contributed by atoms with van der Waals surface area (Å²) in [6, 6.07) is 12.7. The van der Waals surface area contributed by atoms with Gasteiger partial charge in [0.2, 0.25) is 5.91 Å². The molecule has 2 aliphatic carbocycles. The van der Waals surface area contributed by atoms with Gasteiger partial charge in [-0.05, 0) is 54.0 Å². The number of rotatable bonds is 4. The van der Waals surface area contributed by atoms with Crippen LogP contribution in [0.3, 0.4) is 0 Å². The van der Waals surface area contributed by atoms with Gasteiger partial charge in [-0.1, -0.05) is 24.3 Å². The number of fused-ring (bicyclic) bond motifs is 3. The molecule has 25 heavy (non-hydrogen) atoms. The highest BCUT2D eigenvalue weighted by Gasteiger charge is 2.57. The zero-order chi connectivity index (χ0) is 16.9. The van der Waals surface area contributed by atoms with Gasteiger partial charge in [-0.3, -0.25) is 4.79 Å². The number of pyridine rings is 1. The minimum Gasteiger partial charge on any atom is -0.356 e. The number of aromatic amines is 1. The van der Waals surface area contributed by atoms with E-state index < -0.39 is 0 Å². The minimum absolute atomic E-state index is 0.0954. The molecular weight excluding hydrogens is 310 g/mol. The van der Waals surface area contributed by atoms with Crippen LogP contribution in [-0.4, -0.2) is 22.4 Å². The van der Waals surface area contributed by atoms with Gasteiger partial charge in [0, 0.05) is 29.7 Å². The van der Waals surface area contributed by atoms with Crippen LogP contribution in [0.5, 0.6) is 0 Å². The van der Waals surface area contributed by atoms with Crippen LogP contribution >= 0.6 is 0 Å². The number of nitrogens with one attached hydrogen (secondary N) is 2.